The maximum absolute atomic E-state index is 3.26. The number of rotatable bonds is 1. The molecule has 0 aliphatic rings. The second-order valence-electron chi connectivity index (χ2n) is 6.65. The van der Waals surface area contributed by atoms with Gasteiger partial charge in [0.1, 0.15) is 0 Å². The summed E-state index contributed by atoms with van der Waals surface area (Å²) < 4.78 is 5.71. The lowest BCUT2D eigenvalue weighted by Gasteiger charge is -1.97. The van der Waals surface area contributed by atoms with E-state index in [4.69, 9.17) is 0 Å². The van der Waals surface area contributed by atoms with Crippen LogP contribution in [-0.4, -0.2) is 0 Å². The molecule has 3 heterocycles. The van der Waals surface area contributed by atoms with Crippen LogP contribution in [0.5, 0.6) is 0 Å². The Morgan fingerprint density at radius 2 is 1.22 bits per heavy atom. The Kier molecular flexibility index (Phi) is 4.13. The number of fused-ring (bicyclic) bond motifs is 3. The molecule has 130 valence electrons. The fourth-order valence-corrected chi connectivity index (χ4v) is 7.03. The Morgan fingerprint density at radius 1 is 0.630 bits per heavy atom. The van der Waals surface area contributed by atoms with Crippen LogP contribution in [0.3, 0.4) is 0 Å². The highest BCUT2D eigenvalue weighted by atomic mass is 32.1. The summed E-state index contributed by atoms with van der Waals surface area (Å²) >= 11 is 5.72. The van der Waals surface area contributed by atoms with Crippen LogP contribution in [0.1, 0.15) is 21.6 Å². The summed E-state index contributed by atoms with van der Waals surface area (Å²) in [6.07, 6.45) is 0. The van der Waals surface area contributed by atoms with Crippen molar-refractivity contribution in [1.82, 2.24) is 0 Å². The molecule has 3 heteroatoms. The summed E-state index contributed by atoms with van der Waals surface area (Å²) in [5.74, 6) is 6.51. The third kappa shape index (κ3) is 3.21. The first kappa shape index (κ1) is 16.8. The van der Waals surface area contributed by atoms with Crippen LogP contribution in [0.15, 0.2) is 60.7 Å². The highest BCUT2D eigenvalue weighted by molar-refractivity contribution is 7.39. The molecule has 0 aliphatic carbocycles. The lowest BCUT2D eigenvalue weighted by molar-refractivity contribution is 1.46. The van der Waals surface area contributed by atoms with Gasteiger partial charge in [0.15, 0.2) is 0 Å². The molecular formula is C24H16S3. The van der Waals surface area contributed by atoms with E-state index in [-0.39, 0.29) is 0 Å². The molecule has 0 atom stereocenters. The summed E-state index contributed by atoms with van der Waals surface area (Å²) in [5, 5.41) is 0. The third-order valence-electron chi connectivity index (χ3n) is 4.52. The molecule has 2 aromatic carbocycles. The molecule has 0 spiro atoms. The summed E-state index contributed by atoms with van der Waals surface area (Å²) in [4.78, 5) is 2.73. The monoisotopic (exact) mass is 400 g/mol. The number of thiophene rings is 3. The Balaban J connectivity index is 1.44. The second kappa shape index (κ2) is 6.65. The molecule has 0 unspecified atom stereocenters. The lowest BCUT2D eigenvalue weighted by Crippen LogP contribution is -1.78. The van der Waals surface area contributed by atoms with Gasteiger partial charge in [-0.25, -0.2) is 0 Å². The van der Waals surface area contributed by atoms with E-state index >= 15 is 0 Å². The SMILES string of the molecule is Cc1ccc(C#Cc2ccc(-c3cc4sc5cc(C)sc5c4s3)cc2)cc1. The van der Waals surface area contributed by atoms with Crippen molar-refractivity contribution in [2.75, 3.05) is 0 Å². The lowest BCUT2D eigenvalue weighted by atomic mass is 10.1. The van der Waals surface area contributed by atoms with E-state index in [0.717, 1.165) is 11.1 Å². The van der Waals surface area contributed by atoms with Crippen molar-refractivity contribution in [2.24, 2.45) is 0 Å². The fourth-order valence-electron chi connectivity index (χ4n) is 3.09. The fraction of sp³-hybridized carbons (Fsp3) is 0.0833. The first-order chi connectivity index (χ1) is 13.2. The van der Waals surface area contributed by atoms with Crippen molar-refractivity contribution >= 4 is 52.8 Å². The Hall–Kier alpha value is -2.38. The maximum atomic E-state index is 3.26. The molecule has 0 bridgehead atoms. The normalized spacial score (nSPS) is 11.0. The predicted molar refractivity (Wildman–Crippen MR) is 122 cm³/mol. The Morgan fingerprint density at radius 3 is 1.93 bits per heavy atom. The second-order valence-corrected chi connectivity index (χ2v) is 10.0. The molecule has 0 amide bonds. The van der Waals surface area contributed by atoms with Crippen molar-refractivity contribution in [2.45, 2.75) is 13.8 Å². The first-order valence-electron chi connectivity index (χ1n) is 8.77. The Labute approximate surface area is 170 Å². The minimum Gasteiger partial charge on any atom is -0.138 e. The van der Waals surface area contributed by atoms with Crippen LogP contribution >= 0.6 is 34.0 Å². The average Bonchev–Trinajstić information content (AvgIpc) is 3.32. The van der Waals surface area contributed by atoms with Crippen molar-refractivity contribution in [3.8, 4) is 22.3 Å². The smallest absolute Gasteiger partial charge is 0.0636 e. The van der Waals surface area contributed by atoms with Crippen LogP contribution in [0, 0.1) is 25.7 Å². The van der Waals surface area contributed by atoms with Crippen molar-refractivity contribution < 1.29 is 0 Å². The van der Waals surface area contributed by atoms with E-state index in [1.54, 1.807) is 0 Å². The zero-order chi connectivity index (χ0) is 18.4. The minimum atomic E-state index is 1.05. The predicted octanol–water partition coefficient (Wildman–Crippen LogP) is 7.86. The summed E-state index contributed by atoms with van der Waals surface area (Å²) in [6.45, 7) is 4.28. The van der Waals surface area contributed by atoms with Crippen molar-refractivity contribution in [3.05, 3.63) is 82.2 Å². The largest absolute Gasteiger partial charge is 0.138 e. The maximum Gasteiger partial charge on any atom is 0.0636 e. The molecule has 0 fully saturated rings. The van der Waals surface area contributed by atoms with Gasteiger partial charge in [-0.15, -0.1) is 34.0 Å². The van der Waals surface area contributed by atoms with E-state index in [1.807, 2.05) is 34.0 Å². The standard InChI is InChI=1S/C24H16S3/c1-15-3-5-17(6-4-15)7-8-18-9-11-19(12-10-18)20-14-22-24(27-20)23-21(26-22)13-16(2)25-23/h3-6,9-14H,1-2H3. The van der Waals surface area contributed by atoms with Gasteiger partial charge in [0.2, 0.25) is 0 Å². The van der Waals surface area contributed by atoms with E-state index in [9.17, 15) is 0 Å². The van der Waals surface area contributed by atoms with Gasteiger partial charge in [-0.1, -0.05) is 41.7 Å². The average molecular weight is 401 g/mol. The molecule has 3 aromatic heterocycles. The molecule has 0 nitrogen and oxygen atoms in total. The molecule has 0 radical (unpaired) electrons. The molecule has 0 saturated heterocycles. The third-order valence-corrected chi connectivity index (χ3v) is 8.26. The van der Waals surface area contributed by atoms with Crippen LogP contribution in [0.4, 0.5) is 0 Å². The Bertz CT molecular complexity index is 1310. The number of aryl methyl sites for hydroxylation is 2. The van der Waals surface area contributed by atoms with E-state index in [2.05, 4.69) is 86.4 Å². The van der Waals surface area contributed by atoms with Crippen LogP contribution in [0.2, 0.25) is 0 Å². The number of hydrogen-bond acceptors (Lipinski definition) is 3. The number of benzene rings is 2. The van der Waals surface area contributed by atoms with Gasteiger partial charge in [-0.05, 0) is 55.8 Å². The van der Waals surface area contributed by atoms with E-state index in [1.165, 1.54) is 39.7 Å². The molecule has 5 rings (SSSR count). The van der Waals surface area contributed by atoms with Gasteiger partial charge in [0, 0.05) is 30.3 Å². The molecule has 0 N–H and O–H groups in total. The van der Waals surface area contributed by atoms with Gasteiger partial charge in [-0.2, -0.15) is 0 Å². The first-order valence-corrected chi connectivity index (χ1v) is 11.2. The molecule has 0 aliphatic heterocycles. The van der Waals surface area contributed by atoms with Crippen LogP contribution in [0.25, 0.3) is 29.2 Å². The summed E-state index contributed by atoms with van der Waals surface area (Å²) in [6, 6.07) is 21.6. The molecule has 5 aromatic rings. The topological polar surface area (TPSA) is 0 Å². The highest BCUT2D eigenvalue weighted by Gasteiger charge is 2.12. The van der Waals surface area contributed by atoms with Crippen LogP contribution in [-0.2, 0) is 0 Å². The molecular weight excluding hydrogens is 384 g/mol. The van der Waals surface area contributed by atoms with Gasteiger partial charge >= 0.3 is 0 Å². The van der Waals surface area contributed by atoms with Crippen molar-refractivity contribution in [3.63, 3.8) is 0 Å². The summed E-state index contributed by atoms with van der Waals surface area (Å²) in [5.41, 5.74) is 4.63. The van der Waals surface area contributed by atoms with E-state index in [0.29, 0.717) is 0 Å². The quantitative estimate of drug-likeness (QED) is 0.251. The zero-order valence-corrected chi connectivity index (χ0v) is 17.4. The van der Waals surface area contributed by atoms with E-state index < -0.39 is 0 Å². The van der Waals surface area contributed by atoms with Crippen molar-refractivity contribution in [1.29, 1.82) is 0 Å². The zero-order valence-electron chi connectivity index (χ0n) is 15.0. The van der Waals surface area contributed by atoms with Crippen LogP contribution < -0.4 is 0 Å². The minimum absolute atomic E-state index is 1.05. The highest BCUT2D eigenvalue weighted by Crippen LogP contribution is 2.45. The molecule has 27 heavy (non-hydrogen) atoms. The summed E-state index contributed by atoms with van der Waals surface area (Å²) in [7, 11) is 0. The van der Waals surface area contributed by atoms with Gasteiger partial charge in [-0.3, -0.25) is 0 Å². The van der Waals surface area contributed by atoms with Gasteiger partial charge < -0.3 is 0 Å². The van der Waals surface area contributed by atoms with Gasteiger partial charge in [0.25, 0.3) is 0 Å². The van der Waals surface area contributed by atoms with Gasteiger partial charge in [0.05, 0.1) is 9.40 Å². The number of hydrogen-bond donors (Lipinski definition) is 0. The molecule has 0 saturated carbocycles.